The van der Waals surface area contributed by atoms with E-state index in [1.807, 2.05) is 0 Å². The minimum absolute atomic E-state index is 0.168. The lowest BCUT2D eigenvalue weighted by molar-refractivity contribution is 0.0781. The van der Waals surface area contributed by atoms with Crippen LogP contribution in [0.25, 0.3) is 0 Å². The molecule has 2 heterocycles. The number of rotatable bonds is 1. The first-order valence-corrected chi connectivity index (χ1v) is 7.42. The van der Waals surface area contributed by atoms with E-state index in [4.69, 9.17) is 0 Å². The number of hydrogen-bond acceptors (Lipinski definition) is 2. The lowest BCUT2D eigenvalue weighted by Gasteiger charge is -2.24. The molecule has 1 aromatic carbocycles. The Kier molecular flexibility index (Phi) is 3.58. The monoisotopic (exact) mass is 326 g/mol. The van der Waals surface area contributed by atoms with Gasteiger partial charge in [-0.1, -0.05) is 15.9 Å². The van der Waals surface area contributed by atoms with Gasteiger partial charge in [0, 0.05) is 23.6 Å². The number of nitrogens with one attached hydrogen (secondary N) is 1. The standard InChI is InChI=1S/C14H16BrFN2O/c15-10-3-4-11(12(16)6-10)14(19)18-7-9-2-1-5-17-13(9)8-18/h3-4,6,9,13,17H,1-2,5,7-8H2. The van der Waals surface area contributed by atoms with E-state index in [9.17, 15) is 9.18 Å². The molecule has 5 heteroatoms. The van der Waals surface area contributed by atoms with Gasteiger partial charge in [-0.05, 0) is 43.5 Å². The minimum atomic E-state index is -0.456. The van der Waals surface area contributed by atoms with E-state index in [1.54, 1.807) is 17.0 Å². The molecule has 2 atom stereocenters. The minimum Gasteiger partial charge on any atom is -0.337 e. The summed E-state index contributed by atoms with van der Waals surface area (Å²) in [6.45, 7) is 2.46. The molecule has 102 valence electrons. The normalized spacial score (nSPS) is 26.3. The van der Waals surface area contributed by atoms with Crippen LogP contribution in [0, 0.1) is 11.7 Å². The zero-order valence-electron chi connectivity index (χ0n) is 10.5. The Balaban J connectivity index is 1.77. The summed E-state index contributed by atoms with van der Waals surface area (Å²) in [6.07, 6.45) is 2.32. The second kappa shape index (κ2) is 5.21. The Labute approximate surface area is 120 Å². The lowest BCUT2D eigenvalue weighted by Crippen LogP contribution is -2.41. The molecule has 2 saturated heterocycles. The number of piperidine rings is 1. The molecule has 1 N–H and O–H groups in total. The van der Waals surface area contributed by atoms with Gasteiger partial charge in [-0.25, -0.2) is 4.39 Å². The largest absolute Gasteiger partial charge is 0.337 e. The van der Waals surface area contributed by atoms with Crippen molar-refractivity contribution >= 4 is 21.8 Å². The average Bonchev–Trinajstić information content (AvgIpc) is 2.81. The topological polar surface area (TPSA) is 32.3 Å². The summed E-state index contributed by atoms with van der Waals surface area (Å²) in [4.78, 5) is 14.1. The highest BCUT2D eigenvalue weighted by atomic mass is 79.9. The Hall–Kier alpha value is -0.940. The van der Waals surface area contributed by atoms with E-state index in [2.05, 4.69) is 21.2 Å². The van der Waals surface area contributed by atoms with Crippen LogP contribution < -0.4 is 5.32 Å². The van der Waals surface area contributed by atoms with E-state index in [0.717, 1.165) is 25.9 Å². The maximum atomic E-state index is 13.8. The molecular weight excluding hydrogens is 311 g/mol. The van der Waals surface area contributed by atoms with Gasteiger partial charge in [-0.3, -0.25) is 4.79 Å². The van der Waals surface area contributed by atoms with Gasteiger partial charge in [0.1, 0.15) is 5.82 Å². The molecule has 19 heavy (non-hydrogen) atoms. The van der Waals surface area contributed by atoms with Gasteiger partial charge in [0.05, 0.1) is 5.56 Å². The van der Waals surface area contributed by atoms with E-state index in [1.165, 1.54) is 6.07 Å². The fraction of sp³-hybridized carbons (Fsp3) is 0.500. The molecule has 2 aliphatic heterocycles. The Morgan fingerprint density at radius 1 is 1.42 bits per heavy atom. The predicted octanol–water partition coefficient (Wildman–Crippen LogP) is 2.41. The summed E-state index contributed by atoms with van der Waals surface area (Å²) >= 11 is 3.20. The molecule has 2 unspecified atom stereocenters. The van der Waals surface area contributed by atoms with Gasteiger partial charge in [0.2, 0.25) is 0 Å². The van der Waals surface area contributed by atoms with Crippen molar-refractivity contribution in [1.82, 2.24) is 10.2 Å². The second-order valence-electron chi connectivity index (χ2n) is 5.30. The van der Waals surface area contributed by atoms with E-state index < -0.39 is 5.82 Å². The van der Waals surface area contributed by atoms with Gasteiger partial charge in [0.25, 0.3) is 5.91 Å². The van der Waals surface area contributed by atoms with Crippen LogP contribution in [0.4, 0.5) is 4.39 Å². The number of amides is 1. The van der Waals surface area contributed by atoms with E-state index >= 15 is 0 Å². The third-order valence-corrected chi connectivity index (χ3v) is 4.54. The maximum Gasteiger partial charge on any atom is 0.256 e. The van der Waals surface area contributed by atoms with Crippen molar-refractivity contribution in [3.8, 4) is 0 Å². The summed E-state index contributed by atoms with van der Waals surface area (Å²) in [5.74, 6) is -0.125. The van der Waals surface area contributed by atoms with Crippen molar-refractivity contribution in [2.45, 2.75) is 18.9 Å². The maximum absolute atomic E-state index is 13.8. The number of halogens is 2. The van der Waals surface area contributed by atoms with Crippen LogP contribution >= 0.6 is 15.9 Å². The van der Waals surface area contributed by atoms with Crippen molar-refractivity contribution < 1.29 is 9.18 Å². The number of carbonyl (C=O) groups is 1. The third kappa shape index (κ3) is 2.54. The van der Waals surface area contributed by atoms with Gasteiger partial charge in [0.15, 0.2) is 0 Å². The Bertz CT molecular complexity index is 494. The molecule has 0 bridgehead atoms. The molecule has 1 aromatic rings. The molecule has 0 saturated carbocycles. The zero-order valence-corrected chi connectivity index (χ0v) is 12.1. The van der Waals surface area contributed by atoms with Gasteiger partial charge in [-0.2, -0.15) is 0 Å². The van der Waals surface area contributed by atoms with Crippen LogP contribution in [-0.4, -0.2) is 36.5 Å². The van der Waals surface area contributed by atoms with Crippen LogP contribution in [0.2, 0.25) is 0 Å². The molecule has 0 radical (unpaired) electrons. The third-order valence-electron chi connectivity index (χ3n) is 4.05. The number of fused-ring (bicyclic) bond motifs is 1. The number of carbonyl (C=O) groups excluding carboxylic acids is 1. The van der Waals surface area contributed by atoms with Crippen LogP contribution in [0.5, 0.6) is 0 Å². The lowest BCUT2D eigenvalue weighted by atomic mass is 9.94. The molecule has 3 rings (SSSR count). The SMILES string of the molecule is O=C(c1ccc(Br)cc1F)N1CC2CCCNC2C1. The summed E-state index contributed by atoms with van der Waals surface area (Å²) in [5.41, 5.74) is 0.168. The molecule has 0 spiro atoms. The average molecular weight is 327 g/mol. The van der Waals surface area contributed by atoms with Gasteiger partial charge >= 0.3 is 0 Å². The highest BCUT2D eigenvalue weighted by Crippen LogP contribution is 2.27. The Morgan fingerprint density at radius 3 is 3.00 bits per heavy atom. The second-order valence-corrected chi connectivity index (χ2v) is 6.21. The summed E-state index contributed by atoms with van der Waals surface area (Å²) < 4.78 is 14.5. The number of hydrogen-bond donors (Lipinski definition) is 1. The first-order valence-electron chi connectivity index (χ1n) is 6.63. The predicted molar refractivity (Wildman–Crippen MR) is 74.5 cm³/mol. The van der Waals surface area contributed by atoms with Crippen molar-refractivity contribution in [3.05, 3.63) is 34.1 Å². The van der Waals surface area contributed by atoms with Gasteiger partial charge < -0.3 is 10.2 Å². The van der Waals surface area contributed by atoms with Crippen molar-refractivity contribution in [3.63, 3.8) is 0 Å². The molecule has 3 nitrogen and oxygen atoms in total. The summed E-state index contributed by atoms with van der Waals surface area (Å²) in [6, 6.07) is 4.99. The van der Waals surface area contributed by atoms with Crippen molar-refractivity contribution in [2.75, 3.05) is 19.6 Å². The smallest absolute Gasteiger partial charge is 0.256 e. The fourth-order valence-corrected chi connectivity index (χ4v) is 3.38. The number of nitrogens with zero attached hydrogens (tertiary/aromatic N) is 1. The first-order chi connectivity index (χ1) is 9.15. The summed E-state index contributed by atoms with van der Waals surface area (Å²) in [5, 5.41) is 3.45. The van der Waals surface area contributed by atoms with Crippen LogP contribution in [0.3, 0.4) is 0 Å². The first kappa shape index (κ1) is 13.1. The molecule has 0 aromatic heterocycles. The van der Waals surface area contributed by atoms with Crippen molar-refractivity contribution in [1.29, 1.82) is 0 Å². The highest BCUT2D eigenvalue weighted by Gasteiger charge is 2.37. The quantitative estimate of drug-likeness (QED) is 0.859. The zero-order chi connectivity index (χ0) is 13.4. The fourth-order valence-electron chi connectivity index (χ4n) is 3.05. The van der Waals surface area contributed by atoms with Crippen LogP contribution in [0.15, 0.2) is 22.7 Å². The van der Waals surface area contributed by atoms with Gasteiger partial charge in [-0.15, -0.1) is 0 Å². The molecular formula is C14H16BrFN2O. The number of likely N-dealkylation sites (tertiary alicyclic amines) is 1. The molecule has 2 fully saturated rings. The number of benzene rings is 1. The van der Waals surface area contributed by atoms with Crippen LogP contribution in [0.1, 0.15) is 23.2 Å². The van der Waals surface area contributed by atoms with Crippen molar-refractivity contribution in [2.24, 2.45) is 5.92 Å². The highest BCUT2D eigenvalue weighted by molar-refractivity contribution is 9.10. The Morgan fingerprint density at radius 2 is 2.26 bits per heavy atom. The molecule has 1 amide bonds. The molecule has 2 aliphatic rings. The van der Waals surface area contributed by atoms with Crippen LogP contribution in [-0.2, 0) is 0 Å². The summed E-state index contributed by atoms with van der Waals surface area (Å²) in [7, 11) is 0. The van der Waals surface area contributed by atoms with E-state index in [0.29, 0.717) is 23.0 Å². The van der Waals surface area contributed by atoms with E-state index in [-0.39, 0.29) is 11.5 Å². The molecule has 0 aliphatic carbocycles.